The summed E-state index contributed by atoms with van der Waals surface area (Å²) in [6.07, 6.45) is 0. The number of aromatic nitrogens is 18. The van der Waals surface area contributed by atoms with Gasteiger partial charge in [0, 0.05) is 100 Å². The van der Waals surface area contributed by atoms with E-state index in [0.717, 1.165) is 117 Å². The van der Waals surface area contributed by atoms with Gasteiger partial charge in [0.25, 0.3) is 0 Å². The van der Waals surface area contributed by atoms with Crippen LogP contribution in [0.25, 0.3) is 238 Å². The number of benzene rings is 18. The van der Waals surface area contributed by atoms with Crippen LogP contribution >= 0.6 is 0 Å². The Hall–Kier alpha value is -20.2. The van der Waals surface area contributed by atoms with Crippen molar-refractivity contribution >= 4 is 0 Å². The summed E-state index contributed by atoms with van der Waals surface area (Å²) in [6, 6.07) is 156. The quantitative estimate of drug-likeness (QED) is 0.0650. The van der Waals surface area contributed by atoms with E-state index in [1.165, 1.54) is 36.4 Å². The van der Waals surface area contributed by atoms with Crippen molar-refractivity contribution in [1.82, 2.24) is 89.7 Å². The molecular weight excluding hydrogens is 1820 g/mol. The Morgan fingerprint density at radius 1 is 0.0816 bits per heavy atom. The van der Waals surface area contributed by atoms with Crippen LogP contribution in [0.15, 0.2) is 491 Å². The minimum Gasteiger partial charge on any atom is -0.208 e. The fourth-order valence-electron chi connectivity index (χ4n) is 16.6. The summed E-state index contributed by atoms with van der Waals surface area (Å²) in [7, 11) is 0. The molecule has 0 saturated heterocycles. The Morgan fingerprint density at radius 3 is 0.327 bits per heavy atom. The van der Waals surface area contributed by atoms with E-state index in [-0.39, 0.29) is 17.5 Å². The Balaban J connectivity index is 0.000000125. The number of hydrogen-bond donors (Lipinski definition) is 0. The first-order chi connectivity index (χ1) is 72.5. The van der Waals surface area contributed by atoms with Crippen LogP contribution in [0.4, 0.5) is 13.2 Å². The van der Waals surface area contributed by atoms with Gasteiger partial charge in [-0.3, -0.25) is 0 Å². The second-order valence-corrected chi connectivity index (χ2v) is 34.1. The molecule has 18 nitrogen and oxygen atoms in total. The van der Waals surface area contributed by atoms with Crippen LogP contribution in [0.2, 0.25) is 0 Å². The zero-order valence-corrected chi connectivity index (χ0v) is 78.4. The van der Waals surface area contributed by atoms with Crippen molar-refractivity contribution in [2.24, 2.45) is 0 Å². The zero-order valence-electron chi connectivity index (χ0n) is 78.4. The van der Waals surface area contributed by atoms with E-state index in [1.54, 1.807) is 36.4 Å². The van der Waals surface area contributed by atoms with Gasteiger partial charge in [-0.25, -0.2) is 103 Å². The molecule has 696 valence electrons. The van der Waals surface area contributed by atoms with Gasteiger partial charge in [-0.1, -0.05) is 400 Å². The van der Waals surface area contributed by atoms with Gasteiger partial charge in [0.15, 0.2) is 105 Å². The smallest absolute Gasteiger partial charge is 0.164 e. The van der Waals surface area contributed by atoms with Crippen LogP contribution in [-0.2, 0) is 0 Å². The van der Waals surface area contributed by atoms with Gasteiger partial charge in [-0.05, 0) is 124 Å². The maximum Gasteiger partial charge on any atom is 0.164 e. The fraction of sp³-hybridized carbons (Fsp3) is 0. The van der Waals surface area contributed by atoms with Crippen molar-refractivity contribution in [3.05, 3.63) is 509 Å². The van der Waals surface area contributed by atoms with Crippen LogP contribution in [0.5, 0.6) is 0 Å². The predicted molar refractivity (Wildman–Crippen MR) is 574 cm³/mol. The minimum atomic E-state index is -0.319. The Labute approximate surface area is 844 Å². The number of hydrogen-bond acceptors (Lipinski definition) is 18. The molecule has 6 heterocycles. The molecule has 0 N–H and O–H groups in total. The summed E-state index contributed by atoms with van der Waals surface area (Å²) in [5.74, 6) is 9.18. The number of halogens is 3. The van der Waals surface area contributed by atoms with E-state index < -0.39 is 0 Å². The summed E-state index contributed by atoms with van der Waals surface area (Å²) < 4.78 is 41.2. The zero-order chi connectivity index (χ0) is 99.0. The molecule has 0 fully saturated rings. The Kier molecular flexibility index (Phi) is 26.8. The molecule has 0 spiro atoms. The highest BCUT2D eigenvalue weighted by atomic mass is 19.1. The van der Waals surface area contributed by atoms with Crippen molar-refractivity contribution in [3.63, 3.8) is 0 Å². The molecule has 147 heavy (non-hydrogen) atoms. The molecule has 0 aliphatic rings. The summed E-state index contributed by atoms with van der Waals surface area (Å²) >= 11 is 0. The molecule has 0 atom stereocenters. The number of nitrogens with zero attached hydrogens (tertiary/aromatic N) is 18. The lowest BCUT2D eigenvalue weighted by molar-refractivity contribution is 0.627. The maximum absolute atomic E-state index is 13.8. The van der Waals surface area contributed by atoms with Crippen molar-refractivity contribution in [3.8, 4) is 238 Å². The van der Waals surface area contributed by atoms with E-state index in [9.17, 15) is 13.2 Å². The molecule has 0 aliphatic heterocycles. The van der Waals surface area contributed by atoms with E-state index in [0.29, 0.717) is 122 Å². The molecule has 18 aromatic carbocycles. The third-order valence-corrected chi connectivity index (χ3v) is 24.2. The molecule has 24 aromatic rings. The lowest BCUT2D eigenvalue weighted by Gasteiger charge is -2.11. The van der Waals surface area contributed by atoms with Gasteiger partial charge < -0.3 is 0 Å². The molecule has 24 rings (SSSR count). The first kappa shape index (κ1) is 91.9. The fourth-order valence-corrected chi connectivity index (χ4v) is 16.6. The van der Waals surface area contributed by atoms with Crippen molar-refractivity contribution in [2.75, 3.05) is 0 Å². The summed E-state index contributed by atoms with van der Waals surface area (Å²) in [6.45, 7) is 0. The van der Waals surface area contributed by atoms with Gasteiger partial charge in [0.2, 0.25) is 0 Å². The van der Waals surface area contributed by atoms with Crippen LogP contribution in [0.1, 0.15) is 0 Å². The van der Waals surface area contributed by atoms with Gasteiger partial charge in [-0.15, -0.1) is 0 Å². The van der Waals surface area contributed by atoms with Gasteiger partial charge >= 0.3 is 0 Å². The molecule has 6 aromatic heterocycles. The predicted octanol–water partition coefficient (Wildman–Crippen LogP) is 29.6. The average molecular weight is 1900 g/mol. The lowest BCUT2D eigenvalue weighted by Crippen LogP contribution is -2.00. The van der Waals surface area contributed by atoms with Crippen LogP contribution in [0.3, 0.4) is 0 Å². The third-order valence-electron chi connectivity index (χ3n) is 24.2. The second-order valence-electron chi connectivity index (χ2n) is 34.1. The highest BCUT2D eigenvalue weighted by Gasteiger charge is 2.23. The molecule has 0 bridgehead atoms. The number of rotatable bonds is 21. The van der Waals surface area contributed by atoms with E-state index in [4.69, 9.17) is 89.7 Å². The minimum absolute atomic E-state index is 0.313. The average Bonchev–Trinajstić information content (AvgIpc) is 0.798. The summed E-state index contributed by atoms with van der Waals surface area (Å²) in [5, 5.41) is 0. The monoisotopic (exact) mass is 1900 g/mol. The molecule has 21 heteroatoms. The third kappa shape index (κ3) is 21.7. The van der Waals surface area contributed by atoms with E-state index >= 15 is 0 Å². The van der Waals surface area contributed by atoms with Crippen LogP contribution < -0.4 is 0 Å². The topological polar surface area (TPSA) is 232 Å². The Morgan fingerprint density at radius 2 is 0.177 bits per heavy atom. The standard InChI is InChI=1S/3C42H27FN6/c43-36-24-22-31(23-25-36)40-45-39(30-16-8-3-9-17-30)48-42(49-40)35-21-11-19-33(27-35)32-18-10-20-34(26-32)41-46-37(28-12-4-1-5-13-28)44-38(47-41)29-14-6-2-7-15-29;43-36-25-23-33(24-26-36)41-47-39(31-15-8-3-9-16-31)48-42(49-41)35-18-10-17-34(27-35)28-19-21-32(22-20-28)40-45-37(29-11-4-1-5-12-29)44-38(46-40)30-13-6-2-7-14-30;43-36-26-24-35(25-27-36)42-48-39(32-14-8-3-9-15-32)47-41(49-42)34-22-18-29(19-23-34)28-16-20-33(21-17-28)40-45-37(30-10-4-1-5-11-30)44-38(46-40)31-12-6-2-7-13-31/h3*1-27H. The molecule has 0 saturated carbocycles. The van der Waals surface area contributed by atoms with E-state index in [1.807, 2.05) is 346 Å². The van der Waals surface area contributed by atoms with Gasteiger partial charge in [0.05, 0.1) is 0 Å². The molecular formula is C126H81F3N18. The van der Waals surface area contributed by atoms with Crippen molar-refractivity contribution in [2.45, 2.75) is 0 Å². The first-order valence-corrected chi connectivity index (χ1v) is 47.5. The largest absolute Gasteiger partial charge is 0.208 e. The molecule has 0 aliphatic carbocycles. The van der Waals surface area contributed by atoms with Crippen molar-refractivity contribution in [1.29, 1.82) is 0 Å². The summed E-state index contributed by atoms with van der Waals surface area (Å²) in [4.78, 5) is 86.8. The van der Waals surface area contributed by atoms with Crippen LogP contribution in [0, 0.1) is 17.5 Å². The van der Waals surface area contributed by atoms with Gasteiger partial charge in [0.1, 0.15) is 17.5 Å². The maximum atomic E-state index is 13.8. The van der Waals surface area contributed by atoms with E-state index in [2.05, 4.69) is 72.8 Å². The normalized spacial score (nSPS) is 11.0. The molecule has 0 unspecified atom stereocenters. The molecule has 0 amide bonds. The Bertz CT molecular complexity index is 8550. The van der Waals surface area contributed by atoms with Gasteiger partial charge in [-0.2, -0.15) is 0 Å². The lowest BCUT2D eigenvalue weighted by atomic mass is 10.0. The second kappa shape index (κ2) is 42.9. The molecule has 0 radical (unpaired) electrons. The first-order valence-electron chi connectivity index (χ1n) is 47.5. The highest BCUT2D eigenvalue weighted by Crippen LogP contribution is 2.38. The highest BCUT2D eigenvalue weighted by molar-refractivity contribution is 5.81. The SMILES string of the molecule is Fc1ccc(-c2nc(-c3ccccc3)nc(-c3ccc(-c4ccc(-c5nc(-c6ccccc6)nc(-c6ccccc6)n5)cc4)cc3)n2)cc1.Fc1ccc(-c2nc(-c3ccccc3)nc(-c3cccc(-c4ccc(-c5nc(-c6ccccc6)nc(-c6ccccc6)n5)cc4)c3)n2)cc1.Fc1ccc(-c2nc(-c3ccccc3)nc(-c3cccc(-c4cccc(-c5nc(-c6ccccc6)nc(-c6ccccc6)n5)c4)c3)n2)cc1. The van der Waals surface area contributed by atoms with Crippen LogP contribution in [-0.4, -0.2) is 89.7 Å². The van der Waals surface area contributed by atoms with Crippen molar-refractivity contribution < 1.29 is 13.2 Å². The summed E-state index contributed by atoms with van der Waals surface area (Å²) in [5.41, 5.74) is 21.5.